The van der Waals surface area contributed by atoms with Gasteiger partial charge in [-0.2, -0.15) is 4.98 Å². The summed E-state index contributed by atoms with van der Waals surface area (Å²) in [4.78, 5) is 34.8. The molecule has 0 aliphatic heterocycles. The maximum atomic E-state index is 10.7. The van der Waals surface area contributed by atoms with Gasteiger partial charge in [-0.05, 0) is 63.6 Å². The third-order valence-electron chi connectivity index (χ3n) is 5.54. The van der Waals surface area contributed by atoms with Gasteiger partial charge < -0.3 is 40.1 Å². The number of benzene rings is 2. The fraction of sp³-hybridized carbons (Fsp3) is 0.370. The Morgan fingerprint density at radius 2 is 1.54 bits per heavy atom. The molecule has 3 aromatic rings. The van der Waals surface area contributed by atoms with E-state index in [1.807, 2.05) is 58.0 Å². The van der Waals surface area contributed by atoms with Crippen molar-refractivity contribution in [3.8, 4) is 28.6 Å². The van der Waals surface area contributed by atoms with E-state index in [4.69, 9.17) is 46.4 Å². The summed E-state index contributed by atoms with van der Waals surface area (Å²) in [5.41, 5.74) is 2.17. The molecular weight excluding hydrogens is 562 g/mol. The number of carboxylic acids is 3. The Balaban J connectivity index is 0.000000503. The van der Waals surface area contributed by atoms with E-state index in [9.17, 15) is 14.4 Å². The van der Waals surface area contributed by atoms with Gasteiger partial charge in [0.2, 0.25) is 5.82 Å². The third kappa shape index (κ3) is 9.83. The molecule has 0 saturated carbocycles. The zero-order valence-electron chi connectivity index (χ0n) is 22.7. The van der Waals surface area contributed by atoms with E-state index < -0.39 is 30.1 Å². The highest BCUT2D eigenvalue weighted by Crippen LogP contribution is 2.31. The number of aliphatic carboxylic acids is 3. The first-order valence-electron chi connectivity index (χ1n) is 12.3. The minimum Gasteiger partial charge on any atom is -0.489 e. The number of nitrogens with zero attached hydrogens (tertiary/aromatic N) is 2. The molecular formula is C27H32ClN3O10. The second-order valence-corrected chi connectivity index (χ2v) is 9.98. The van der Waals surface area contributed by atoms with Crippen molar-refractivity contribution in [2.24, 2.45) is 0 Å². The number of aromatic nitrogens is 2. The molecule has 0 bridgehead atoms. The average Bonchev–Trinajstić information content (AvgIpc) is 3.39. The van der Waals surface area contributed by atoms with Gasteiger partial charge in [-0.1, -0.05) is 28.9 Å². The van der Waals surface area contributed by atoms with Gasteiger partial charge in [-0.15, -0.1) is 0 Å². The molecule has 0 spiro atoms. The van der Waals surface area contributed by atoms with E-state index in [1.54, 1.807) is 12.1 Å². The highest BCUT2D eigenvalue weighted by Gasteiger charge is 2.29. The fourth-order valence-corrected chi connectivity index (χ4v) is 3.56. The number of ether oxygens (including phenoxy) is 1. The molecule has 2 unspecified atom stereocenters. The first-order valence-corrected chi connectivity index (χ1v) is 12.7. The van der Waals surface area contributed by atoms with Crippen LogP contribution in [0.15, 0.2) is 47.0 Å². The van der Waals surface area contributed by atoms with Gasteiger partial charge in [0.15, 0.2) is 12.2 Å². The SMILES string of the molecule is CC(C)Oc1ccc(-c2noc(-c3ccc(C(C)(C)NCCC(=O)O)cc3)n2)cc1Cl.O=C(O)C(O)C(O)C(=O)O. The highest BCUT2D eigenvalue weighted by molar-refractivity contribution is 6.32. The van der Waals surface area contributed by atoms with Crippen molar-refractivity contribution in [1.82, 2.24) is 15.5 Å². The predicted octanol–water partition coefficient (Wildman–Crippen LogP) is 3.02. The second kappa shape index (κ2) is 14.6. The van der Waals surface area contributed by atoms with Crippen molar-refractivity contribution >= 4 is 29.5 Å². The second-order valence-electron chi connectivity index (χ2n) is 9.57. The molecule has 0 fully saturated rings. The van der Waals surface area contributed by atoms with Crippen LogP contribution >= 0.6 is 11.6 Å². The molecule has 222 valence electrons. The summed E-state index contributed by atoms with van der Waals surface area (Å²) in [6.45, 7) is 8.28. The van der Waals surface area contributed by atoms with Crippen LogP contribution in [0, 0.1) is 0 Å². The van der Waals surface area contributed by atoms with Crippen molar-refractivity contribution in [2.75, 3.05) is 6.54 Å². The van der Waals surface area contributed by atoms with Crippen LogP contribution in [-0.4, -0.2) is 78.4 Å². The number of rotatable bonds is 12. The van der Waals surface area contributed by atoms with Crippen LogP contribution in [-0.2, 0) is 19.9 Å². The van der Waals surface area contributed by atoms with Gasteiger partial charge in [0.1, 0.15) is 5.75 Å². The summed E-state index contributed by atoms with van der Waals surface area (Å²) in [6, 6.07) is 13.1. The molecule has 0 amide bonds. The van der Waals surface area contributed by atoms with Crippen molar-refractivity contribution in [2.45, 2.75) is 58.0 Å². The maximum Gasteiger partial charge on any atom is 0.335 e. The molecule has 13 nitrogen and oxygen atoms in total. The number of aliphatic hydroxyl groups excluding tert-OH is 2. The molecule has 1 aromatic heterocycles. The van der Waals surface area contributed by atoms with Crippen LogP contribution in [0.2, 0.25) is 5.02 Å². The quantitative estimate of drug-likeness (QED) is 0.178. The predicted molar refractivity (Wildman–Crippen MR) is 147 cm³/mol. The van der Waals surface area contributed by atoms with Crippen LogP contribution in [0.3, 0.4) is 0 Å². The van der Waals surface area contributed by atoms with Crippen molar-refractivity contribution < 1.29 is 49.2 Å². The van der Waals surface area contributed by atoms with E-state index in [0.29, 0.717) is 29.0 Å². The summed E-state index contributed by atoms with van der Waals surface area (Å²) in [5, 5.41) is 49.2. The topological polar surface area (TPSA) is 213 Å². The van der Waals surface area contributed by atoms with Gasteiger partial charge in [-0.3, -0.25) is 4.79 Å². The number of carbonyl (C=O) groups is 3. The van der Waals surface area contributed by atoms with Gasteiger partial charge in [-0.25, -0.2) is 9.59 Å². The van der Waals surface area contributed by atoms with Gasteiger partial charge in [0, 0.05) is 23.2 Å². The van der Waals surface area contributed by atoms with Crippen molar-refractivity contribution in [3.05, 3.63) is 53.1 Å². The highest BCUT2D eigenvalue weighted by atomic mass is 35.5. The van der Waals surface area contributed by atoms with Crippen LogP contribution in [0.4, 0.5) is 0 Å². The lowest BCUT2D eigenvalue weighted by molar-refractivity contribution is -0.165. The summed E-state index contributed by atoms with van der Waals surface area (Å²) in [6.07, 6.45) is -4.43. The maximum absolute atomic E-state index is 10.7. The molecule has 2 atom stereocenters. The first-order chi connectivity index (χ1) is 19.1. The molecule has 41 heavy (non-hydrogen) atoms. The number of halogens is 1. The molecule has 2 aromatic carbocycles. The van der Waals surface area contributed by atoms with E-state index in [1.165, 1.54) is 0 Å². The average molecular weight is 594 g/mol. The lowest BCUT2D eigenvalue weighted by Gasteiger charge is -2.27. The molecule has 0 saturated heterocycles. The Hall–Kier alpha value is -4.04. The van der Waals surface area contributed by atoms with E-state index in [2.05, 4.69) is 15.5 Å². The summed E-state index contributed by atoms with van der Waals surface area (Å²) >= 11 is 6.31. The minimum absolute atomic E-state index is 0.0282. The summed E-state index contributed by atoms with van der Waals surface area (Å²) in [5.74, 6) is -2.91. The van der Waals surface area contributed by atoms with Crippen LogP contribution < -0.4 is 10.1 Å². The molecule has 14 heteroatoms. The van der Waals surface area contributed by atoms with Gasteiger partial charge >= 0.3 is 17.9 Å². The zero-order valence-corrected chi connectivity index (χ0v) is 23.5. The lowest BCUT2D eigenvalue weighted by Crippen LogP contribution is -2.39. The zero-order chi connectivity index (χ0) is 30.9. The number of nitrogens with one attached hydrogen (secondary N) is 1. The van der Waals surface area contributed by atoms with E-state index in [-0.39, 0.29) is 18.1 Å². The number of aliphatic hydroxyl groups is 2. The van der Waals surface area contributed by atoms with Crippen LogP contribution in [0.1, 0.15) is 39.7 Å². The number of carboxylic acid groups (broad SMARTS) is 3. The molecule has 0 aliphatic rings. The molecule has 6 N–H and O–H groups in total. The normalized spacial score (nSPS) is 12.7. The van der Waals surface area contributed by atoms with Crippen molar-refractivity contribution in [1.29, 1.82) is 0 Å². The van der Waals surface area contributed by atoms with Crippen LogP contribution in [0.25, 0.3) is 22.8 Å². The molecule has 0 aliphatic carbocycles. The lowest BCUT2D eigenvalue weighted by atomic mass is 9.93. The fourth-order valence-electron chi connectivity index (χ4n) is 3.33. The number of hydrogen-bond donors (Lipinski definition) is 6. The largest absolute Gasteiger partial charge is 0.489 e. The Morgan fingerprint density at radius 1 is 0.976 bits per heavy atom. The molecule has 0 radical (unpaired) electrons. The van der Waals surface area contributed by atoms with Gasteiger partial charge in [0.05, 0.1) is 17.5 Å². The minimum atomic E-state index is -2.27. The van der Waals surface area contributed by atoms with Crippen molar-refractivity contribution in [3.63, 3.8) is 0 Å². The Labute approximate surface area is 240 Å². The third-order valence-corrected chi connectivity index (χ3v) is 5.84. The summed E-state index contributed by atoms with van der Waals surface area (Å²) < 4.78 is 11.1. The van der Waals surface area contributed by atoms with E-state index in [0.717, 1.165) is 16.7 Å². The monoisotopic (exact) mass is 593 g/mol. The summed E-state index contributed by atoms with van der Waals surface area (Å²) in [7, 11) is 0. The molecule has 3 rings (SSSR count). The Morgan fingerprint density at radius 3 is 2.02 bits per heavy atom. The standard InChI is InChI=1S/C23H26ClN3O4.C4H6O6/c1-14(2)30-19-10-7-16(13-18(19)24)21-26-22(31-27-21)15-5-8-17(9-6-15)23(3,4)25-12-11-20(28)29;5-1(3(7)8)2(6)4(9)10/h5-10,13-14,25H,11-12H2,1-4H3,(H,28,29);1-2,5-6H,(H,7,8)(H,9,10). The smallest absolute Gasteiger partial charge is 0.335 e. The van der Waals surface area contributed by atoms with Crippen LogP contribution in [0.5, 0.6) is 5.75 Å². The van der Waals surface area contributed by atoms with E-state index >= 15 is 0 Å². The Bertz CT molecular complexity index is 1320. The first kappa shape index (κ1) is 33.2. The number of hydrogen-bond acceptors (Lipinski definition) is 10. The van der Waals surface area contributed by atoms with Gasteiger partial charge in [0.25, 0.3) is 5.89 Å². The Kier molecular flexibility index (Phi) is 11.8. The molecule has 1 heterocycles.